The molecule has 0 aliphatic carbocycles. The summed E-state index contributed by atoms with van der Waals surface area (Å²) in [4.78, 5) is 34.7. The third-order valence-electron chi connectivity index (χ3n) is 4.51. The molecule has 0 saturated carbocycles. The lowest BCUT2D eigenvalue weighted by atomic mass is 10.2. The van der Waals surface area contributed by atoms with Crippen molar-refractivity contribution in [2.75, 3.05) is 6.54 Å². The van der Waals surface area contributed by atoms with Crippen LogP contribution in [0.1, 0.15) is 48.7 Å². The van der Waals surface area contributed by atoms with E-state index in [1.54, 1.807) is 16.9 Å². The van der Waals surface area contributed by atoms with Crippen molar-refractivity contribution in [1.29, 1.82) is 0 Å². The summed E-state index contributed by atoms with van der Waals surface area (Å²) in [7, 11) is 0. The van der Waals surface area contributed by atoms with Crippen LogP contribution in [0.2, 0.25) is 0 Å². The molecule has 0 radical (unpaired) electrons. The van der Waals surface area contributed by atoms with Crippen LogP contribution in [-0.4, -0.2) is 43.0 Å². The van der Waals surface area contributed by atoms with Crippen LogP contribution in [0, 0.1) is 13.8 Å². The van der Waals surface area contributed by atoms with Crippen LogP contribution < -0.4 is 5.32 Å². The molecule has 3 heterocycles. The number of hydrogen-bond acceptors (Lipinski definition) is 5. The minimum atomic E-state index is -0.128. The van der Waals surface area contributed by atoms with Crippen molar-refractivity contribution in [3.63, 3.8) is 0 Å². The fourth-order valence-corrected chi connectivity index (χ4v) is 3.27. The standard InChI is InChI=1S/C18H24N6O2/c1-12-9-13(2)24(22-12)11-17(26)23-8-4-5-16(23)18-19-7-6-15(21-18)10-20-14(3)25/h6-7,9,16H,4-5,8,10-11H2,1-3H3,(H,20,25)/t16-/m1/s1. The predicted octanol–water partition coefficient (Wildman–Crippen LogP) is 1.29. The summed E-state index contributed by atoms with van der Waals surface area (Å²) in [6, 6.07) is 3.61. The van der Waals surface area contributed by atoms with Crippen molar-refractivity contribution < 1.29 is 9.59 Å². The number of carbonyl (C=O) groups is 2. The Morgan fingerprint density at radius 1 is 1.35 bits per heavy atom. The average molecular weight is 356 g/mol. The van der Waals surface area contributed by atoms with Gasteiger partial charge in [0.1, 0.15) is 6.54 Å². The van der Waals surface area contributed by atoms with E-state index in [0.717, 1.165) is 29.9 Å². The lowest BCUT2D eigenvalue weighted by molar-refractivity contribution is -0.133. The molecule has 0 bridgehead atoms. The van der Waals surface area contributed by atoms with Gasteiger partial charge < -0.3 is 10.2 Å². The molecule has 1 saturated heterocycles. The molecular formula is C18H24N6O2. The van der Waals surface area contributed by atoms with Gasteiger partial charge in [0, 0.05) is 25.4 Å². The second kappa shape index (κ2) is 7.63. The maximum atomic E-state index is 12.8. The first-order chi connectivity index (χ1) is 12.4. The highest BCUT2D eigenvalue weighted by Gasteiger charge is 2.32. The van der Waals surface area contributed by atoms with E-state index in [1.165, 1.54) is 6.92 Å². The third-order valence-corrected chi connectivity index (χ3v) is 4.51. The van der Waals surface area contributed by atoms with Crippen LogP contribution in [0.4, 0.5) is 0 Å². The molecule has 3 rings (SSSR count). The molecule has 26 heavy (non-hydrogen) atoms. The minimum Gasteiger partial charge on any atom is -0.351 e. The number of carbonyl (C=O) groups excluding carboxylic acids is 2. The normalized spacial score (nSPS) is 16.7. The number of aryl methyl sites for hydroxylation is 2. The van der Waals surface area contributed by atoms with Gasteiger partial charge in [-0.3, -0.25) is 14.3 Å². The molecule has 0 aromatic carbocycles. The zero-order valence-corrected chi connectivity index (χ0v) is 15.4. The lowest BCUT2D eigenvalue weighted by Crippen LogP contribution is -2.34. The van der Waals surface area contributed by atoms with E-state index < -0.39 is 0 Å². The highest BCUT2D eigenvalue weighted by atomic mass is 16.2. The largest absolute Gasteiger partial charge is 0.351 e. The number of nitrogens with one attached hydrogen (secondary N) is 1. The van der Waals surface area contributed by atoms with Crippen LogP contribution in [0.3, 0.4) is 0 Å². The molecule has 2 aromatic rings. The van der Waals surface area contributed by atoms with E-state index >= 15 is 0 Å². The van der Waals surface area contributed by atoms with Crippen molar-refractivity contribution in [2.24, 2.45) is 0 Å². The second-order valence-corrected chi connectivity index (χ2v) is 6.65. The van der Waals surface area contributed by atoms with E-state index in [1.807, 2.05) is 24.8 Å². The second-order valence-electron chi connectivity index (χ2n) is 6.65. The lowest BCUT2D eigenvalue weighted by Gasteiger charge is -2.24. The zero-order chi connectivity index (χ0) is 18.7. The molecule has 8 nitrogen and oxygen atoms in total. The van der Waals surface area contributed by atoms with Gasteiger partial charge in [-0.1, -0.05) is 0 Å². The van der Waals surface area contributed by atoms with Gasteiger partial charge in [0.25, 0.3) is 0 Å². The molecule has 1 aliphatic heterocycles. The van der Waals surface area contributed by atoms with Crippen LogP contribution in [-0.2, 0) is 22.7 Å². The Morgan fingerprint density at radius 2 is 2.15 bits per heavy atom. The summed E-state index contributed by atoms with van der Waals surface area (Å²) in [5.74, 6) is 0.550. The molecule has 0 unspecified atom stereocenters. The fraction of sp³-hybridized carbons (Fsp3) is 0.500. The van der Waals surface area contributed by atoms with E-state index in [9.17, 15) is 9.59 Å². The Hall–Kier alpha value is -2.77. The Balaban J connectivity index is 1.73. The number of likely N-dealkylation sites (tertiary alicyclic amines) is 1. The molecule has 1 N–H and O–H groups in total. The van der Waals surface area contributed by atoms with Crippen molar-refractivity contribution in [2.45, 2.75) is 52.7 Å². The first-order valence-electron chi connectivity index (χ1n) is 8.81. The van der Waals surface area contributed by atoms with E-state index in [4.69, 9.17) is 0 Å². The molecule has 138 valence electrons. The van der Waals surface area contributed by atoms with Gasteiger partial charge in [-0.25, -0.2) is 9.97 Å². The van der Waals surface area contributed by atoms with Crippen molar-refractivity contribution >= 4 is 11.8 Å². The topological polar surface area (TPSA) is 93.0 Å². The highest BCUT2D eigenvalue weighted by Crippen LogP contribution is 2.30. The maximum absolute atomic E-state index is 12.8. The molecule has 1 aliphatic rings. The van der Waals surface area contributed by atoms with Gasteiger partial charge in [0.15, 0.2) is 5.82 Å². The molecule has 1 fully saturated rings. The number of hydrogen-bond donors (Lipinski definition) is 1. The van der Waals surface area contributed by atoms with Crippen LogP contribution in [0.5, 0.6) is 0 Å². The zero-order valence-electron chi connectivity index (χ0n) is 15.4. The Labute approximate surface area is 152 Å². The van der Waals surface area contributed by atoms with E-state index in [-0.39, 0.29) is 24.4 Å². The third kappa shape index (κ3) is 4.07. The smallest absolute Gasteiger partial charge is 0.244 e. The molecule has 1 atom stereocenters. The molecular weight excluding hydrogens is 332 g/mol. The molecule has 0 spiro atoms. The van der Waals surface area contributed by atoms with Gasteiger partial charge in [-0.05, 0) is 38.8 Å². The van der Waals surface area contributed by atoms with E-state index in [0.29, 0.717) is 18.9 Å². The summed E-state index contributed by atoms with van der Waals surface area (Å²) < 4.78 is 1.74. The van der Waals surface area contributed by atoms with Crippen LogP contribution in [0.25, 0.3) is 0 Å². The Bertz CT molecular complexity index is 816. The summed E-state index contributed by atoms with van der Waals surface area (Å²) in [6.45, 7) is 6.62. The number of nitrogens with zero attached hydrogens (tertiary/aromatic N) is 5. The molecule has 2 amide bonds. The van der Waals surface area contributed by atoms with Gasteiger partial charge in [-0.15, -0.1) is 0 Å². The number of rotatable bonds is 5. The van der Waals surface area contributed by atoms with Crippen LogP contribution >= 0.6 is 0 Å². The van der Waals surface area contributed by atoms with Crippen molar-refractivity contribution in [1.82, 2.24) is 30.0 Å². The SMILES string of the molecule is CC(=O)NCc1ccnc([C@H]2CCCN2C(=O)Cn2nc(C)cc2C)n1. The van der Waals surface area contributed by atoms with Gasteiger partial charge >= 0.3 is 0 Å². The molecule has 2 aromatic heterocycles. The summed E-state index contributed by atoms with van der Waals surface area (Å²) in [5.41, 5.74) is 2.62. The first-order valence-corrected chi connectivity index (χ1v) is 8.81. The summed E-state index contributed by atoms with van der Waals surface area (Å²) in [5, 5.41) is 7.11. The minimum absolute atomic E-state index is 0.0227. The summed E-state index contributed by atoms with van der Waals surface area (Å²) in [6.07, 6.45) is 3.45. The number of aromatic nitrogens is 4. The highest BCUT2D eigenvalue weighted by molar-refractivity contribution is 5.76. The first kappa shape index (κ1) is 18.0. The monoisotopic (exact) mass is 356 g/mol. The van der Waals surface area contributed by atoms with Crippen molar-refractivity contribution in [3.05, 3.63) is 41.2 Å². The quantitative estimate of drug-likeness (QED) is 0.871. The van der Waals surface area contributed by atoms with Crippen LogP contribution in [0.15, 0.2) is 18.3 Å². The Kier molecular flexibility index (Phi) is 5.29. The van der Waals surface area contributed by atoms with Gasteiger partial charge in [-0.2, -0.15) is 5.10 Å². The average Bonchev–Trinajstić information content (AvgIpc) is 3.20. The summed E-state index contributed by atoms with van der Waals surface area (Å²) >= 11 is 0. The Morgan fingerprint density at radius 3 is 2.85 bits per heavy atom. The predicted molar refractivity (Wildman–Crippen MR) is 94.9 cm³/mol. The molecule has 8 heteroatoms. The van der Waals surface area contributed by atoms with Gasteiger partial charge in [0.05, 0.1) is 24.0 Å². The fourth-order valence-electron chi connectivity index (χ4n) is 3.27. The number of amides is 2. The van der Waals surface area contributed by atoms with E-state index in [2.05, 4.69) is 20.4 Å². The van der Waals surface area contributed by atoms with Gasteiger partial charge in [0.2, 0.25) is 11.8 Å². The maximum Gasteiger partial charge on any atom is 0.244 e. The van der Waals surface area contributed by atoms with Crippen molar-refractivity contribution in [3.8, 4) is 0 Å².